The summed E-state index contributed by atoms with van der Waals surface area (Å²) in [5.41, 5.74) is 3.64. The number of fused-ring (bicyclic) bond motifs is 1. The second-order valence-corrected chi connectivity index (χ2v) is 5.77. The third-order valence-corrected chi connectivity index (χ3v) is 4.13. The predicted molar refractivity (Wildman–Crippen MR) is 87.4 cm³/mol. The molecule has 0 fully saturated rings. The van der Waals surface area contributed by atoms with Crippen LogP contribution in [-0.2, 0) is 5.88 Å². The van der Waals surface area contributed by atoms with Gasteiger partial charge < -0.3 is 4.74 Å². The molecular formula is C15H13BrClN3O. The summed E-state index contributed by atoms with van der Waals surface area (Å²) in [4.78, 5) is 9.05. The van der Waals surface area contributed by atoms with Crippen LogP contribution in [0.25, 0.3) is 16.9 Å². The number of pyridine rings is 1. The van der Waals surface area contributed by atoms with Gasteiger partial charge >= 0.3 is 0 Å². The summed E-state index contributed by atoms with van der Waals surface area (Å²) in [6.45, 7) is 2.05. The zero-order valence-electron chi connectivity index (χ0n) is 11.6. The Kier molecular flexibility index (Phi) is 3.87. The Morgan fingerprint density at radius 1 is 1.24 bits per heavy atom. The fourth-order valence-corrected chi connectivity index (χ4v) is 2.84. The second kappa shape index (κ2) is 5.66. The molecule has 0 saturated heterocycles. The van der Waals surface area contributed by atoms with E-state index < -0.39 is 0 Å². The first-order valence-electron chi connectivity index (χ1n) is 6.39. The lowest BCUT2D eigenvalue weighted by atomic mass is 10.2. The van der Waals surface area contributed by atoms with Crippen LogP contribution in [0, 0.1) is 6.92 Å². The normalized spacial score (nSPS) is 11.0. The van der Waals surface area contributed by atoms with E-state index in [1.54, 1.807) is 13.2 Å². The number of ether oxygens (including phenoxy) is 1. The number of halogens is 2. The highest BCUT2D eigenvalue weighted by molar-refractivity contribution is 9.10. The van der Waals surface area contributed by atoms with Crippen molar-refractivity contribution in [1.29, 1.82) is 0 Å². The van der Waals surface area contributed by atoms with Crippen molar-refractivity contribution in [3.8, 4) is 11.6 Å². The van der Waals surface area contributed by atoms with Crippen molar-refractivity contribution < 1.29 is 4.74 Å². The van der Waals surface area contributed by atoms with Crippen LogP contribution in [0.4, 0.5) is 0 Å². The van der Waals surface area contributed by atoms with Crippen molar-refractivity contribution in [1.82, 2.24) is 14.5 Å². The number of aryl methyl sites for hydroxylation is 1. The molecule has 0 radical (unpaired) electrons. The number of hydrogen-bond acceptors (Lipinski definition) is 3. The highest BCUT2D eigenvalue weighted by Crippen LogP contribution is 2.29. The molecule has 0 aliphatic heterocycles. The standard InChI is InChI=1S/C15H13BrClN3O/c1-9-3-4-10(16)12(7-9)20-13(8-17)18-11-5-6-14(21-2)19-15(11)20/h3-7H,8H2,1-2H3. The van der Waals surface area contributed by atoms with Crippen molar-refractivity contribution in [3.63, 3.8) is 0 Å². The third kappa shape index (κ3) is 2.51. The molecule has 2 aromatic heterocycles. The molecule has 4 nitrogen and oxygen atoms in total. The third-order valence-electron chi connectivity index (χ3n) is 3.22. The van der Waals surface area contributed by atoms with E-state index in [-0.39, 0.29) is 0 Å². The number of rotatable bonds is 3. The number of hydrogen-bond donors (Lipinski definition) is 0. The van der Waals surface area contributed by atoms with E-state index in [9.17, 15) is 0 Å². The summed E-state index contributed by atoms with van der Waals surface area (Å²) >= 11 is 9.65. The predicted octanol–water partition coefficient (Wildman–Crippen LogP) is 4.24. The molecular weight excluding hydrogens is 354 g/mol. The van der Waals surface area contributed by atoms with Gasteiger partial charge in [-0.1, -0.05) is 6.07 Å². The topological polar surface area (TPSA) is 39.9 Å². The second-order valence-electron chi connectivity index (χ2n) is 4.65. The van der Waals surface area contributed by atoms with Crippen LogP contribution >= 0.6 is 27.5 Å². The fraction of sp³-hybridized carbons (Fsp3) is 0.200. The summed E-state index contributed by atoms with van der Waals surface area (Å²) in [6.07, 6.45) is 0. The van der Waals surface area contributed by atoms with Gasteiger partial charge in [-0.25, -0.2) is 4.98 Å². The number of methoxy groups -OCH3 is 1. The molecule has 0 aliphatic rings. The first-order chi connectivity index (χ1) is 10.1. The number of nitrogens with zero attached hydrogens (tertiary/aromatic N) is 3. The highest BCUT2D eigenvalue weighted by Gasteiger charge is 2.16. The average Bonchev–Trinajstić information content (AvgIpc) is 2.87. The van der Waals surface area contributed by atoms with Gasteiger partial charge in [0, 0.05) is 10.5 Å². The van der Waals surface area contributed by atoms with E-state index in [1.165, 1.54) is 0 Å². The molecule has 108 valence electrons. The summed E-state index contributed by atoms with van der Waals surface area (Å²) in [7, 11) is 1.60. The Morgan fingerprint density at radius 2 is 2.05 bits per heavy atom. The minimum absolute atomic E-state index is 0.305. The van der Waals surface area contributed by atoms with Crippen molar-refractivity contribution in [3.05, 3.63) is 46.2 Å². The van der Waals surface area contributed by atoms with Crippen LogP contribution < -0.4 is 4.74 Å². The maximum absolute atomic E-state index is 6.06. The van der Waals surface area contributed by atoms with Crippen LogP contribution in [0.3, 0.4) is 0 Å². The van der Waals surface area contributed by atoms with Gasteiger partial charge in [-0.3, -0.25) is 4.57 Å². The summed E-state index contributed by atoms with van der Waals surface area (Å²) in [5.74, 6) is 1.60. The SMILES string of the molecule is COc1ccc2nc(CCl)n(-c3cc(C)ccc3Br)c2n1. The van der Waals surface area contributed by atoms with Gasteiger partial charge in [-0.05, 0) is 46.6 Å². The lowest BCUT2D eigenvalue weighted by Crippen LogP contribution is -2.02. The zero-order chi connectivity index (χ0) is 15.0. The minimum Gasteiger partial charge on any atom is -0.481 e. The summed E-state index contributed by atoms with van der Waals surface area (Å²) in [5, 5.41) is 0. The summed E-state index contributed by atoms with van der Waals surface area (Å²) in [6, 6.07) is 9.80. The van der Waals surface area contributed by atoms with Gasteiger partial charge in [0.15, 0.2) is 5.65 Å². The molecule has 0 N–H and O–H groups in total. The Balaban J connectivity index is 2.36. The van der Waals surface area contributed by atoms with Crippen LogP contribution in [0.5, 0.6) is 5.88 Å². The van der Waals surface area contributed by atoms with Gasteiger partial charge in [-0.2, -0.15) is 4.98 Å². The number of benzene rings is 1. The maximum Gasteiger partial charge on any atom is 0.215 e. The van der Waals surface area contributed by atoms with E-state index in [2.05, 4.69) is 32.0 Å². The molecule has 0 aliphatic carbocycles. The molecule has 0 saturated carbocycles. The first kappa shape index (κ1) is 14.4. The Hall–Kier alpha value is -1.59. The van der Waals surface area contributed by atoms with E-state index in [0.717, 1.165) is 32.7 Å². The lowest BCUT2D eigenvalue weighted by Gasteiger charge is -2.10. The molecule has 3 rings (SSSR count). The molecule has 21 heavy (non-hydrogen) atoms. The summed E-state index contributed by atoms with van der Waals surface area (Å²) < 4.78 is 8.13. The molecule has 1 aromatic carbocycles. The number of imidazole rings is 1. The van der Waals surface area contributed by atoms with Gasteiger partial charge in [0.1, 0.15) is 11.3 Å². The van der Waals surface area contributed by atoms with Crippen LogP contribution in [0.15, 0.2) is 34.8 Å². The lowest BCUT2D eigenvalue weighted by molar-refractivity contribution is 0.399. The monoisotopic (exact) mass is 365 g/mol. The van der Waals surface area contributed by atoms with E-state index in [0.29, 0.717) is 11.8 Å². The van der Waals surface area contributed by atoms with E-state index >= 15 is 0 Å². The maximum atomic E-state index is 6.06. The van der Waals surface area contributed by atoms with E-state index in [4.69, 9.17) is 16.3 Å². The van der Waals surface area contributed by atoms with Crippen molar-refractivity contribution in [2.45, 2.75) is 12.8 Å². The minimum atomic E-state index is 0.305. The molecule has 0 amide bonds. The van der Waals surface area contributed by atoms with Gasteiger partial charge in [0.2, 0.25) is 5.88 Å². The van der Waals surface area contributed by atoms with Crippen molar-refractivity contribution in [2.24, 2.45) is 0 Å². The Bertz CT molecular complexity index is 816. The Labute approximate surface area is 135 Å². The first-order valence-corrected chi connectivity index (χ1v) is 7.71. The largest absolute Gasteiger partial charge is 0.481 e. The molecule has 0 bridgehead atoms. The molecule has 0 spiro atoms. The molecule has 0 unspecified atom stereocenters. The number of aromatic nitrogens is 3. The average molecular weight is 367 g/mol. The smallest absolute Gasteiger partial charge is 0.215 e. The molecule has 0 atom stereocenters. The van der Waals surface area contributed by atoms with Crippen LogP contribution in [0.2, 0.25) is 0 Å². The van der Waals surface area contributed by atoms with Gasteiger partial charge in [0.25, 0.3) is 0 Å². The highest BCUT2D eigenvalue weighted by atomic mass is 79.9. The van der Waals surface area contributed by atoms with Crippen LogP contribution in [0.1, 0.15) is 11.4 Å². The van der Waals surface area contributed by atoms with Crippen molar-refractivity contribution >= 4 is 38.7 Å². The molecule has 6 heteroatoms. The zero-order valence-corrected chi connectivity index (χ0v) is 13.9. The van der Waals surface area contributed by atoms with Gasteiger partial charge in [0.05, 0.1) is 18.7 Å². The van der Waals surface area contributed by atoms with Crippen LogP contribution in [-0.4, -0.2) is 21.6 Å². The Morgan fingerprint density at radius 3 is 2.76 bits per heavy atom. The van der Waals surface area contributed by atoms with E-state index in [1.807, 2.05) is 29.7 Å². The molecule has 3 aromatic rings. The number of alkyl halides is 1. The fourth-order valence-electron chi connectivity index (χ4n) is 2.24. The van der Waals surface area contributed by atoms with Gasteiger partial charge in [-0.15, -0.1) is 11.6 Å². The van der Waals surface area contributed by atoms with Crippen molar-refractivity contribution in [2.75, 3.05) is 7.11 Å². The molecule has 2 heterocycles. The quantitative estimate of drug-likeness (QED) is 0.651.